The van der Waals surface area contributed by atoms with Crippen molar-refractivity contribution in [2.45, 2.75) is 51.5 Å². The number of hydrogen-bond acceptors (Lipinski definition) is 2. The highest BCUT2D eigenvalue weighted by Gasteiger charge is 2.20. The van der Waals surface area contributed by atoms with Crippen LogP contribution in [0.3, 0.4) is 0 Å². The Kier molecular flexibility index (Phi) is 4.85. The Morgan fingerprint density at radius 1 is 1.43 bits per heavy atom. The average Bonchev–Trinajstić information content (AvgIpc) is 2.82. The topological polar surface area (TPSA) is 30.7 Å². The van der Waals surface area contributed by atoms with Crippen molar-refractivity contribution in [3.63, 3.8) is 0 Å². The van der Waals surface area contributed by atoms with E-state index >= 15 is 0 Å². The molecule has 3 nitrogen and oxygen atoms in total. The van der Waals surface area contributed by atoms with Crippen LogP contribution in [0.15, 0.2) is 16.7 Å². The molecule has 21 heavy (non-hydrogen) atoms. The van der Waals surface area contributed by atoms with Gasteiger partial charge in [0.25, 0.3) is 0 Å². The highest BCUT2D eigenvalue weighted by Crippen LogP contribution is 2.31. The zero-order valence-corrected chi connectivity index (χ0v) is 14.7. The van der Waals surface area contributed by atoms with Crippen LogP contribution in [0, 0.1) is 11.8 Å². The van der Waals surface area contributed by atoms with E-state index in [2.05, 4.69) is 37.4 Å². The molecule has 2 atom stereocenters. The van der Waals surface area contributed by atoms with E-state index in [1.165, 1.54) is 32.1 Å². The Balaban J connectivity index is 1.79. The molecule has 0 N–H and O–H groups in total. The molecule has 2 heterocycles. The van der Waals surface area contributed by atoms with Gasteiger partial charge in [0.05, 0.1) is 5.88 Å². The first-order valence-electron chi connectivity index (χ1n) is 7.74. The van der Waals surface area contributed by atoms with Gasteiger partial charge in [-0.3, -0.25) is 0 Å². The fourth-order valence-electron chi connectivity index (χ4n) is 3.50. The van der Waals surface area contributed by atoms with Gasteiger partial charge in [0.2, 0.25) is 0 Å². The maximum absolute atomic E-state index is 6.07. The van der Waals surface area contributed by atoms with Crippen LogP contribution >= 0.6 is 27.5 Å². The largest absolute Gasteiger partial charge is 0.312 e. The van der Waals surface area contributed by atoms with Crippen molar-refractivity contribution in [3.05, 3.63) is 22.6 Å². The molecule has 3 rings (SSSR count). The molecule has 0 aromatic carbocycles. The van der Waals surface area contributed by atoms with Gasteiger partial charge in [0, 0.05) is 17.2 Å². The SMILES string of the molecule is CC1CCCC(CCn2c(CCl)nc3cc(Br)cnc32)C1. The van der Waals surface area contributed by atoms with Crippen molar-refractivity contribution in [1.29, 1.82) is 0 Å². The van der Waals surface area contributed by atoms with E-state index in [0.29, 0.717) is 5.88 Å². The first kappa shape index (κ1) is 15.3. The normalized spacial score (nSPS) is 22.8. The van der Waals surface area contributed by atoms with E-state index in [-0.39, 0.29) is 0 Å². The summed E-state index contributed by atoms with van der Waals surface area (Å²) in [4.78, 5) is 9.13. The van der Waals surface area contributed by atoms with E-state index in [1.807, 2.05) is 12.3 Å². The molecule has 2 aromatic heterocycles. The molecule has 114 valence electrons. The standard InChI is InChI=1S/C16H21BrClN3/c1-11-3-2-4-12(7-11)5-6-21-15(9-18)20-14-8-13(17)10-19-16(14)21/h8,10-12H,2-7,9H2,1H3. The quantitative estimate of drug-likeness (QED) is 0.697. The van der Waals surface area contributed by atoms with Crippen molar-refractivity contribution >= 4 is 38.7 Å². The number of aromatic nitrogens is 3. The molecule has 2 aromatic rings. The fourth-order valence-corrected chi connectivity index (χ4v) is 4.03. The molecular weight excluding hydrogens is 350 g/mol. The summed E-state index contributed by atoms with van der Waals surface area (Å²) < 4.78 is 3.16. The van der Waals surface area contributed by atoms with E-state index in [4.69, 9.17) is 11.6 Å². The Hall–Kier alpha value is -0.610. The van der Waals surface area contributed by atoms with Gasteiger partial charge in [-0.2, -0.15) is 0 Å². The molecule has 1 fully saturated rings. The van der Waals surface area contributed by atoms with Crippen LogP contribution in [0.4, 0.5) is 0 Å². The second-order valence-corrected chi connectivity index (χ2v) is 7.42. The number of imidazole rings is 1. The van der Waals surface area contributed by atoms with Gasteiger partial charge < -0.3 is 4.57 Å². The number of halogens is 2. The van der Waals surface area contributed by atoms with Crippen LogP contribution in [0.2, 0.25) is 0 Å². The molecule has 0 bridgehead atoms. The van der Waals surface area contributed by atoms with Gasteiger partial charge in [0.15, 0.2) is 5.65 Å². The van der Waals surface area contributed by atoms with E-state index in [0.717, 1.165) is 39.8 Å². The summed E-state index contributed by atoms with van der Waals surface area (Å²) >= 11 is 9.52. The summed E-state index contributed by atoms with van der Waals surface area (Å²) in [5, 5.41) is 0. The lowest BCUT2D eigenvalue weighted by Crippen LogP contribution is -2.16. The van der Waals surface area contributed by atoms with Gasteiger partial charge in [-0.1, -0.05) is 26.2 Å². The number of aryl methyl sites for hydroxylation is 1. The molecule has 0 spiro atoms. The Morgan fingerprint density at radius 3 is 3.05 bits per heavy atom. The number of nitrogens with zero attached hydrogens (tertiary/aromatic N) is 3. The third-order valence-electron chi connectivity index (χ3n) is 4.56. The number of pyridine rings is 1. The highest BCUT2D eigenvalue weighted by atomic mass is 79.9. The Morgan fingerprint density at radius 2 is 2.29 bits per heavy atom. The Bertz CT molecular complexity index is 625. The maximum atomic E-state index is 6.07. The van der Waals surface area contributed by atoms with Gasteiger partial charge in [-0.05, 0) is 46.7 Å². The molecule has 0 radical (unpaired) electrons. The summed E-state index contributed by atoms with van der Waals surface area (Å²) in [6, 6.07) is 2.01. The van der Waals surface area contributed by atoms with E-state index in [1.54, 1.807) is 0 Å². The fraction of sp³-hybridized carbons (Fsp3) is 0.625. The summed E-state index contributed by atoms with van der Waals surface area (Å²) in [5.41, 5.74) is 1.88. The summed E-state index contributed by atoms with van der Waals surface area (Å²) in [6.07, 6.45) is 8.55. The lowest BCUT2D eigenvalue weighted by molar-refractivity contribution is 0.261. The van der Waals surface area contributed by atoms with Crippen LogP contribution in [-0.2, 0) is 12.4 Å². The van der Waals surface area contributed by atoms with Crippen molar-refractivity contribution < 1.29 is 0 Å². The third kappa shape index (κ3) is 3.42. The number of hydrogen-bond donors (Lipinski definition) is 0. The minimum atomic E-state index is 0.440. The lowest BCUT2D eigenvalue weighted by Gasteiger charge is -2.26. The number of rotatable bonds is 4. The minimum absolute atomic E-state index is 0.440. The van der Waals surface area contributed by atoms with Gasteiger partial charge in [0.1, 0.15) is 11.3 Å². The molecule has 0 saturated heterocycles. The first-order valence-corrected chi connectivity index (χ1v) is 9.06. The molecule has 0 amide bonds. The van der Waals surface area contributed by atoms with Crippen molar-refractivity contribution in [3.8, 4) is 0 Å². The van der Waals surface area contributed by atoms with Crippen LogP contribution in [0.1, 0.15) is 44.9 Å². The smallest absolute Gasteiger partial charge is 0.160 e. The molecule has 1 aliphatic rings. The van der Waals surface area contributed by atoms with Crippen LogP contribution < -0.4 is 0 Å². The summed E-state index contributed by atoms with van der Waals surface area (Å²) in [5.74, 6) is 3.09. The second kappa shape index (κ2) is 6.66. The zero-order valence-electron chi connectivity index (χ0n) is 12.4. The zero-order chi connectivity index (χ0) is 14.8. The third-order valence-corrected chi connectivity index (χ3v) is 5.23. The number of fused-ring (bicyclic) bond motifs is 1. The predicted octanol–water partition coefficient (Wildman–Crippen LogP) is 5.15. The van der Waals surface area contributed by atoms with Crippen LogP contribution in [0.5, 0.6) is 0 Å². The van der Waals surface area contributed by atoms with Crippen LogP contribution in [0.25, 0.3) is 11.2 Å². The van der Waals surface area contributed by atoms with Crippen molar-refractivity contribution in [2.75, 3.05) is 0 Å². The summed E-state index contributed by atoms with van der Waals surface area (Å²) in [7, 11) is 0. The number of alkyl halides is 1. The molecule has 0 aliphatic heterocycles. The van der Waals surface area contributed by atoms with Gasteiger partial charge >= 0.3 is 0 Å². The summed E-state index contributed by atoms with van der Waals surface area (Å²) in [6.45, 7) is 3.35. The minimum Gasteiger partial charge on any atom is -0.312 e. The van der Waals surface area contributed by atoms with Gasteiger partial charge in [-0.15, -0.1) is 11.6 Å². The molecule has 5 heteroatoms. The average molecular weight is 371 g/mol. The molecule has 2 unspecified atom stereocenters. The molecular formula is C16H21BrClN3. The Labute approximate surface area is 139 Å². The van der Waals surface area contributed by atoms with E-state index < -0.39 is 0 Å². The maximum Gasteiger partial charge on any atom is 0.160 e. The predicted molar refractivity (Wildman–Crippen MR) is 90.5 cm³/mol. The molecule has 1 aliphatic carbocycles. The van der Waals surface area contributed by atoms with Gasteiger partial charge in [-0.25, -0.2) is 9.97 Å². The second-order valence-electron chi connectivity index (χ2n) is 6.24. The first-order chi connectivity index (χ1) is 10.2. The van der Waals surface area contributed by atoms with Crippen molar-refractivity contribution in [2.24, 2.45) is 11.8 Å². The highest BCUT2D eigenvalue weighted by molar-refractivity contribution is 9.10. The van der Waals surface area contributed by atoms with Crippen molar-refractivity contribution in [1.82, 2.24) is 14.5 Å². The molecule has 1 saturated carbocycles. The van der Waals surface area contributed by atoms with E-state index in [9.17, 15) is 0 Å². The lowest BCUT2D eigenvalue weighted by atomic mass is 9.81. The monoisotopic (exact) mass is 369 g/mol. The van der Waals surface area contributed by atoms with Crippen LogP contribution in [-0.4, -0.2) is 14.5 Å².